The minimum absolute atomic E-state index is 0.0673. The predicted molar refractivity (Wildman–Crippen MR) is 43.3 cm³/mol. The van der Waals surface area contributed by atoms with Crippen molar-refractivity contribution in [2.45, 2.75) is 0 Å². The Labute approximate surface area is 74.1 Å². The second-order valence-electron chi connectivity index (χ2n) is 2.33. The van der Waals surface area contributed by atoms with Gasteiger partial charge in [0.25, 0.3) is 0 Å². The summed E-state index contributed by atoms with van der Waals surface area (Å²) in [5.41, 5.74) is -0.269. The normalized spacial score (nSPS) is 9.38. The van der Waals surface area contributed by atoms with E-state index in [1.54, 1.807) is 0 Å². The molecular formula is C9H7FO3. The zero-order valence-electron chi connectivity index (χ0n) is 6.91. The Morgan fingerprint density at radius 2 is 2.23 bits per heavy atom. The molecule has 1 aromatic carbocycles. The molecule has 0 saturated heterocycles. The molecule has 0 spiro atoms. The number of rotatable bonds is 3. The maximum atomic E-state index is 12.9. The van der Waals surface area contributed by atoms with E-state index in [4.69, 9.17) is 4.74 Å². The van der Waals surface area contributed by atoms with E-state index in [9.17, 15) is 14.0 Å². The van der Waals surface area contributed by atoms with E-state index in [0.717, 1.165) is 6.07 Å². The van der Waals surface area contributed by atoms with E-state index in [2.05, 4.69) is 0 Å². The summed E-state index contributed by atoms with van der Waals surface area (Å²) in [6.07, 6.45) is 0.0673. The van der Waals surface area contributed by atoms with Gasteiger partial charge >= 0.3 is 0 Å². The van der Waals surface area contributed by atoms with Gasteiger partial charge in [-0.1, -0.05) is 0 Å². The summed E-state index contributed by atoms with van der Waals surface area (Å²) >= 11 is 0. The van der Waals surface area contributed by atoms with Crippen molar-refractivity contribution in [3.05, 3.63) is 29.6 Å². The number of ketones is 1. The molecule has 4 heteroatoms. The Balaban J connectivity index is 3.18. The third kappa shape index (κ3) is 1.90. The summed E-state index contributed by atoms with van der Waals surface area (Å²) in [5, 5.41) is 0. The lowest BCUT2D eigenvalue weighted by Gasteiger charge is -2.01. The monoisotopic (exact) mass is 182 g/mol. The molecule has 13 heavy (non-hydrogen) atoms. The first-order chi connectivity index (χ1) is 6.19. The highest BCUT2D eigenvalue weighted by Crippen LogP contribution is 2.16. The number of Topliss-reactive ketones (excluding diaryl/α,β-unsaturated/α-hetero) is 1. The van der Waals surface area contributed by atoms with Gasteiger partial charge in [0.1, 0.15) is 11.6 Å². The number of hydrogen-bond donors (Lipinski definition) is 0. The van der Waals surface area contributed by atoms with Crippen molar-refractivity contribution in [1.82, 2.24) is 0 Å². The molecule has 3 nitrogen and oxygen atoms in total. The molecule has 0 aromatic heterocycles. The highest BCUT2D eigenvalue weighted by molar-refractivity contribution is 6.33. The Bertz CT molecular complexity index is 347. The molecule has 0 aliphatic rings. The number of aldehydes is 1. The minimum atomic E-state index is -0.892. The predicted octanol–water partition coefficient (Wildman–Crippen LogP) is 1.22. The summed E-state index contributed by atoms with van der Waals surface area (Å²) < 4.78 is 17.7. The van der Waals surface area contributed by atoms with Crippen molar-refractivity contribution in [3.63, 3.8) is 0 Å². The molecule has 0 bridgehead atoms. The van der Waals surface area contributed by atoms with Gasteiger partial charge in [-0.25, -0.2) is 4.39 Å². The number of hydrogen-bond acceptors (Lipinski definition) is 3. The fraction of sp³-hybridized carbons (Fsp3) is 0.111. The van der Waals surface area contributed by atoms with Gasteiger partial charge in [0.2, 0.25) is 5.78 Å². The van der Waals surface area contributed by atoms with E-state index >= 15 is 0 Å². The summed E-state index contributed by atoms with van der Waals surface area (Å²) in [5.74, 6) is -1.28. The standard InChI is InChI=1S/C9H7FO3/c1-13-6-2-3-8(10)7(4-6)9(12)5-11/h2-5H,1H3. The van der Waals surface area contributed by atoms with Crippen LogP contribution >= 0.6 is 0 Å². The first-order valence-electron chi connectivity index (χ1n) is 3.52. The summed E-state index contributed by atoms with van der Waals surface area (Å²) in [4.78, 5) is 20.9. The largest absolute Gasteiger partial charge is 0.497 e. The summed E-state index contributed by atoms with van der Waals surface area (Å²) in [7, 11) is 1.39. The summed E-state index contributed by atoms with van der Waals surface area (Å²) in [6, 6.07) is 3.64. The lowest BCUT2D eigenvalue weighted by atomic mass is 10.1. The molecule has 0 aliphatic heterocycles. The van der Waals surface area contributed by atoms with Crippen LogP contribution in [-0.4, -0.2) is 19.2 Å². The third-order valence-electron chi connectivity index (χ3n) is 1.55. The Morgan fingerprint density at radius 1 is 1.54 bits per heavy atom. The third-order valence-corrected chi connectivity index (χ3v) is 1.55. The molecule has 0 saturated carbocycles. The Kier molecular flexibility index (Phi) is 2.74. The van der Waals surface area contributed by atoms with Gasteiger partial charge in [-0.3, -0.25) is 9.59 Å². The van der Waals surface area contributed by atoms with Gasteiger partial charge in [-0.15, -0.1) is 0 Å². The molecule has 1 aromatic rings. The van der Waals surface area contributed by atoms with Crippen molar-refractivity contribution in [2.24, 2.45) is 0 Å². The number of methoxy groups -OCH3 is 1. The Morgan fingerprint density at radius 3 is 2.77 bits per heavy atom. The van der Waals surface area contributed by atoms with Crippen molar-refractivity contribution >= 4 is 12.1 Å². The number of carbonyl (C=O) groups is 2. The van der Waals surface area contributed by atoms with Crippen molar-refractivity contribution in [2.75, 3.05) is 7.11 Å². The van der Waals surface area contributed by atoms with E-state index in [1.807, 2.05) is 0 Å². The van der Waals surface area contributed by atoms with E-state index in [1.165, 1.54) is 19.2 Å². The molecule has 0 amide bonds. The van der Waals surface area contributed by atoms with E-state index < -0.39 is 11.6 Å². The van der Waals surface area contributed by atoms with Crippen molar-refractivity contribution in [1.29, 1.82) is 0 Å². The molecule has 1 rings (SSSR count). The molecular weight excluding hydrogens is 175 g/mol. The molecule has 0 aliphatic carbocycles. The van der Waals surface area contributed by atoms with Gasteiger partial charge in [-0.2, -0.15) is 0 Å². The van der Waals surface area contributed by atoms with Crippen LogP contribution in [-0.2, 0) is 4.79 Å². The van der Waals surface area contributed by atoms with Crippen LogP contribution in [0.25, 0.3) is 0 Å². The van der Waals surface area contributed by atoms with Gasteiger partial charge in [0.05, 0.1) is 12.7 Å². The van der Waals surface area contributed by atoms with Crippen LogP contribution in [0.4, 0.5) is 4.39 Å². The van der Waals surface area contributed by atoms with Crippen LogP contribution in [0.1, 0.15) is 10.4 Å². The average molecular weight is 182 g/mol. The summed E-state index contributed by atoms with van der Waals surface area (Å²) in [6.45, 7) is 0. The zero-order valence-corrected chi connectivity index (χ0v) is 6.91. The quantitative estimate of drug-likeness (QED) is 0.401. The maximum absolute atomic E-state index is 12.9. The average Bonchev–Trinajstić information content (AvgIpc) is 2.17. The lowest BCUT2D eigenvalue weighted by molar-refractivity contribution is -0.104. The molecule has 0 unspecified atom stereocenters. The second kappa shape index (κ2) is 3.80. The van der Waals surface area contributed by atoms with Crippen LogP contribution in [0.5, 0.6) is 5.75 Å². The smallest absolute Gasteiger partial charge is 0.228 e. The minimum Gasteiger partial charge on any atom is -0.497 e. The van der Waals surface area contributed by atoms with Crippen LogP contribution < -0.4 is 4.74 Å². The maximum Gasteiger partial charge on any atom is 0.228 e. The number of halogens is 1. The fourth-order valence-corrected chi connectivity index (χ4v) is 0.884. The van der Waals surface area contributed by atoms with Crippen molar-refractivity contribution in [3.8, 4) is 5.75 Å². The van der Waals surface area contributed by atoms with Crippen LogP contribution in [0.2, 0.25) is 0 Å². The first-order valence-corrected chi connectivity index (χ1v) is 3.52. The van der Waals surface area contributed by atoms with Crippen LogP contribution in [0.15, 0.2) is 18.2 Å². The van der Waals surface area contributed by atoms with E-state index in [0.29, 0.717) is 5.75 Å². The van der Waals surface area contributed by atoms with Crippen LogP contribution in [0.3, 0.4) is 0 Å². The van der Waals surface area contributed by atoms with Crippen molar-refractivity contribution < 1.29 is 18.7 Å². The van der Waals surface area contributed by atoms with Gasteiger partial charge in [-0.05, 0) is 18.2 Å². The second-order valence-corrected chi connectivity index (χ2v) is 2.33. The van der Waals surface area contributed by atoms with Gasteiger partial charge in [0, 0.05) is 0 Å². The lowest BCUT2D eigenvalue weighted by Crippen LogP contribution is -2.03. The number of ether oxygens (including phenoxy) is 1. The van der Waals surface area contributed by atoms with Gasteiger partial charge < -0.3 is 4.74 Å². The number of benzene rings is 1. The first kappa shape index (κ1) is 9.38. The molecule has 68 valence electrons. The zero-order chi connectivity index (χ0) is 9.84. The fourth-order valence-electron chi connectivity index (χ4n) is 0.884. The molecule has 0 atom stereocenters. The molecule has 0 fully saturated rings. The molecule has 0 N–H and O–H groups in total. The number of carbonyl (C=O) groups excluding carboxylic acids is 2. The van der Waals surface area contributed by atoms with Gasteiger partial charge in [0.15, 0.2) is 6.29 Å². The Hall–Kier alpha value is -1.71. The topological polar surface area (TPSA) is 43.4 Å². The highest BCUT2D eigenvalue weighted by Gasteiger charge is 2.11. The SMILES string of the molecule is COc1ccc(F)c(C(=O)C=O)c1. The van der Waals surface area contributed by atoms with Crippen LogP contribution in [0, 0.1) is 5.82 Å². The highest BCUT2D eigenvalue weighted by atomic mass is 19.1. The van der Waals surface area contributed by atoms with E-state index in [-0.39, 0.29) is 11.8 Å². The molecule has 0 heterocycles. The molecule has 0 radical (unpaired) electrons.